The summed E-state index contributed by atoms with van der Waals surface area (Å²) in [4.78, 5) is 12.5. The molecule has 0 unspecified atom stereocenters. The van der Waals surface area contributed by atoms with Crippen molar-refractivity contribution >= 4 is 5.97 Å². The predicted molar refractivity (Wildman–Crippen MR) is 123 cm³/mol. The van der Waals surface area contributed by atoms with Crippen molar-refractivity contribution in [1.29, 1.82) is 0 Å². The standard InChI is InChI=1S/C26H42O2/c1-8-9-16-25(18-17-23(6)14-10-12-21(2)3)26(27)28-20-19-24(7)15-11-13-22(4)5/h12-13,16-17,19H,8-11,14-15,18,20H2,1-7H3/b23-17+,24-19+,25-16?. The lowest BCUT2D eigenvalue weighted by Gasteiger charge is -2.07. The monoisotopic (exact) mass is 386 g/mol. The zero-order valence-electron chi connectivity index (χ0n) is 19.4. The second-order valence-corrected chi connectivity index (χ2v) is 8.06. The largest absolute Gasteiger partial charge is 0.458 e. The van der Waals surface area contributed by atoms with Gasteiger partial charge in [-0.2, -0.15) is 0 Å². The molecule has 0 saturated heterocycles. The van der Waals surface area contributed by atoms with Crippen LogP contribution in [0.15, 0.2) is 58.2 Å². The van der Waals surface area contributed by atoms with Crippen LogP contribution in [0.1, 0.15) is 93.4 Å². The summed E-state index contributed by atoms with van der Waals surface area (Å²) in [6.45, 7) is 15.2. The first-order valence-electron chi connectivity index (χ1n) is 10.7. The first-order chi connectivity index (χ1) is 13.3. The van der Waals surface area contributed by atoms with Gasteiger partial charge in [0, 0.05) is 5.57 Å². The predicted octanol–water partition coefficient (Wildman–Crippen LogP) is 8.03. The molecular weight excluding hydrogens is 344 g/mol. The van der Waals surface area contributed by atoms with Gasteiger partial charge in [-0.15, -0.1) is 0 Å². The number of rotatable bonds is 13. The minimum atomic E-state index is -0.185. The quantitative estimate of drug-likeness (QED) is 0.182. The Balaban J connectivity index is 4.65. The molecule has 0 N–H and O–H groups in total. The fourth-order valence-electron chi connectivity index (χ4n) is 2.59. The molecule has 158 valence electrons. The van der Waals surface area contributed by atoms with Gasteiger partial charge >= 0.3 is 5.97 Å². The van der Waals surface area contributed by atoms with Crippen LogP contribution < -0.4 is 0 Å². The maximum atomic E-state index is 12.5. The van der Waals surface area contributed by atoms with E-state index in [0.717, 1.165) is 44.1 Å². The van der Waals surface area contributed by atoms with Crippen LogP contribution in [0, 0.1) is 0 Å². The molecule has 2 nitrogen and oxygen atoms in total. The molecule has 0 aliphatic carbocycles. The molecule has 2 heteroatoms. The summed E-state index contributed by atoms with van der Waals surface area (Å²) < 4.78 is 5.51. The Kier molecular flexibility index (Phi) is 15.1. The van der Waals surface area contributed by atoms with E-state index >= 15 is 0 Å². The molecule has 0 aromatic heterocycles. The lowest BCUT2D eigenvalue weighted by molar-refractivity contribution is -0.137. The lowest BCUT2D eigenvalue weighted by atomic mass is 10.1. The van der Waals surface area contributed by atoms with Crippen molar-refractivity contribution in [2.75, 3.05) is 6.61 Å². The Labute approximate surface area is 174 Å². The number of esters is 1. The molecule has 28 heavy (non-hydrogen) atoms. The molecular formula is C26H42O2. The molecule has 0 fully saturated rings. The topological polar surface area (TPSA) is 26.3 Å². The molecule has 0 bridgehead atoms. The van der Waals surface area contributed by atoms with E-state index in [9.17, 15) is 4.79 Å². The van der Waals surface area contributed by atoms with Crippen molar-refractivity contribution in [3.8, 4) is 0 Å². The highest BCUT2D eigenvalue weighted by atomic mass is 16.5. The molecule has 0 aliphatic rings. The number of carbonyl (C=O) groups is 1. The molecule has 0 aromatic carbocycles. The number of carbonyl (C=O) groups excluding carboxylic acids is 1. The van der Waals surface area contributed by atoms with Crippen LogP contribution in [0.25, 0.3) is 0 Å². The van der Waals surface area contributed by atoms with Gasteiger partial charge in [0.05, 0.1) is 0 Å². The van der Waals surface area contributed by atoms with Crippen LogP contribution in [0.4, 0.5) is 0 Å². The molecule has 0 atom stereocenters. The van der Waals surface area contributed by atoms with Gasteiger partial charge in [0.25, 0.3) is 0 Å². The van der Waals surface area contributed by atoms with E-state index in [1.807, 2.05) is 12.2 Å². The SMILES string of the molecule is CCCC=C(C/C=C(\C)CCC=C(C)C)C(=O)OC/C=C(\C)CCC=C(C)C. The number of unbranched alkanes of at least 4 members (excludes halogenated alkanes) is 1. The summed E-state index contributed by atoms with van der Waals surface area (Å²) in [5, 5.41) is 0. The van der Waals surface area contributed by atoms with Gasteiger partial charge in [0.1, 0.15) is 6.61 Å². The zero-order chi connectivity index (χ0) is 21.4. The number of hydrogen-bond acceptors (Lipinski definition) is 2. The molecule has 0 spiro atoms. The van der Waals surface area contributed by atoms with Crippen LogP contribution in [0.2, 0.25) is 0 Å². The Bertz CT molecular complexity index is 604. The maximum absolute atomic E-state index is 12.5. The smallest absolute Gasteiger partial charge is 0.334 e. The van der Waals surface area contributed by atoms with Crippen molar-refractivity contribution in [1.82, 2.24) is 0 Å². The van der Waals surface area contributed by atoms with Crippen molar-refractivity contribution < 1.29 is 9.53 Å². The van der Waals surface area contributed by atoms with Crippen LogP contribution in [0.5, 0.6) is 0 Å². The summed E-state index contributed by atoms with van der Waals surface area (Å²) in [5.74, 6) is -0.185. The average Bonchev–Trinajstić information content (AvgIpc) is 2.61. The van der Waals surface area contributed by atoms with Gasteiger partial charge in [-0.3, -0.25) is 0 Å². The van der Waals surface area contributed by atoms with E-state index in [1.165, 1.54) is 22.3 Å². The highest BCUT2D eigenvalue weighted by Crippen LogP contribution is 2.14. The molecule has 0 aromatic rings. The van der Waals surface area contributed by atoms with Gasteiger partial charge < -0.3 is 4.74 Å². The second kappa shape index (κ2) is 16.2. The molecule has 0 radical (unpaired) electrons. The van der Waals surface area contributed by atoms with Crippen molar-refractivity contribution in [2.45, 2.75) is 93.4 Å². The van der Waals surface area contributed by atoms with E-state index < -0.39 is 0 Å². The Morgan fingerprint density at radius 1 is 0.714 bits per heavy atom. The van der Waals surface area contributed by atoms with Crippen molar-refractivity contribution in [3.63, 3.8) is 0 Å². The van der Waals surface area contributed by atoms with E-state index in [4.69, 9.17) is 4.74 Å². The molecule has 0 aliphatic heterocycles. The van der Waals surface area contributed by atoms with Crippen LogP contribution in [0.3, 0.4) is 0 Å². The van der Waals surface area contributed by atoms with E-state index in [2.05, 4.69) is 66.7 Å². The Hall–Kier alpha value is -1.83. The van der Waals surface area contributed by atoms with Gasteiger partial charge in [-0.05, 0) is 86.1 Å². The molecule has 0 amide bonds. The summed E-state index contributed by atoms with van der Waals surface area (Å²) in [5.41, 5.74) is 6.05. The Morgan fingerprint density at radius 2 is 1.25 bits per heavy atom. The summed E-state index contributed by atoms with van der Waals surface area (Å²) in [7, 11) is 0. The number of allylic oxidation sites excluding steroid dienone is 8. The number of ether oxygens (including phenoxy) is 1. The Morgan fingerprint density at radius 3 is 1.75 bits per heavy atom. The minimum absolute atomic E-state index is 0.185. The summed E-state index contributed by atoms with van der Waals surface area (Å²) in [6.07, 6.45) is 17.5. The first kappa shape index (κ1) is 26.2. The summed E-state index contributed by atoms with van der Waals surface area (Å²) >= 11 is 0. The third kappa shape index (κ3) is 15.2. The van der Waals surface area contributed by atoms with Gasteiger partial charge in [0.15, 0.2) is 0 Å². The van der Waals surface area contributed by atoms with E-state index in [1.54, 1.807) is 0 Å². The van der Waals surface area contributed by atoms with Gasteiger partial charge in [-0.1, -0.05) is 59.9 Å². The fourth-order valence-corrected chi connectivity index (χ4v) is 2.59. The average molecular weight is 387 g/mol. The van der Waals surface area contributed by atoms with Crippen molar-refractivity contribution in [3.05, 3.63) is 58.2 Å². The number of hydrogen-bond donors (Lipinski definition) is 0. The normalized spacial score (nSPS) is 12.6. The molecule has 0 heterocycles. The third-order valence-corrected chi connectivity index (χ3v) is 4.44. The second-order valence-electron chi connectivity index (χ2n) is 8.06. The highest BCUT2D eigenvalue weighted by molar-refractivity contribution is 5.88. The first-order valence-corrected chi connectivity index (χ1v) is 10.7. The lowest BCUT2D eigenvalue weighted by Crippen LogP contribution is -2.08. The van der Waals surface area contributed by atoms with Crippen LogP contribution in [-0.2, 0) is 9.53 Å². The minimum Gasteiger partial charge on any atom is -0.458 e. The van der Waals surface area contributed by atoms with E-state index in [0.29, 0.717) is 13.0 Å². The molecule has 0 saturated carbocycles. The maximum Gasteiger partial charge on any atom is 0.334 e. The molecule has 0 rings (SSSR count). The van der Waals surface area contributed by atoms with Crippen molar-refractivity contribution in [2.24, 2.45) is 0 Å². The highest BCUT2D eigenvalue weighted by Gasteiger charge is 2.09. The van der Waals surface area contributed by atoms with E-state index in [-0.39, 0.29) is 5.97 Å². The van der Waals surface area contributed by atoms with Gasteiger partial charge in [-0.25, -0.2) is 4.79 Å². The van der Waals surface area contributed by atoms with Crippen LogP contribution >= 0.6 is 0 Å². The summed E-state index contributed by atoms with van der Waals surface area (Å²) in [6, 6.07) is 0. The van der Waals surface area contributed by atoms with Crippen LogP contribution in [-0.4, -0.2) is 12.6 Å². The van der Waals surface area contributed by atoms with Gasteiger partial charge in [0.2, 0.25) is 0 Å². The third-order valence-electron chi connectivity index (χ3n) is 4.44. The zero-order valence-corrected chi connectivity index (χ0v) is 19.4. The fraction of sp³-hybridized carbons (Fsp3) is 0.577.